The van der Waals surface area contributed by atoms with E-state index < -0.39 is 0 Å². The molecule has 0 heterocycles. The quantitative estimate of drug-likeness (QED) is 0.366. The minimum absolute atomic E-state index is 0.239. The molecule has 17 heavy (non-hydrogen) atoms. The molecule has 0 rings (SSSR count). The Morgan fingerprint density at radius 3 is 2.35 bits per heavy atom. The number of unbranched alkanes of at least 4 members (excludes halogenated alkanes) is 5. The molecule has 0 aliphatic carbocycles. The monoisotopic (exact) mass is 233 g/mol. The molecule has 1 unspecified atom stereocenters. The predicted octanol–water partition coefficient (Wildman–Crippen LogP) is 5.40. The molecule has 0 saturated carbocycles. The van der Waals surface area contributed by atoms with Crippen LogP contribution in [-0.4, -0.2) is 0 Å². The third kappa shape index (κ3) is 12.9. The van der Waals surface area contributed by atoms with Crippen molar-refractivity contribution in [3.63, 3.8) is 0 Å². The van der Waals surface area contributed by atoms with Crippen LogP contribution in [0.5, 0.6) is 0 Å². The SMILES string of the molecule is CC/C=C/C=C/CCCCCCCC(C)C#N. The van der Waals surface area contributed by atoms with Crippen molar-refractivity contribution >= 4 is 0 Å². The van der Waals surface area contributed by atoms with Gasteiger partial charge in [-0.05, 0) is 32.6 Å². The first-order chi connectivity index (χ1) is 8.31. The van der Waals surface area contributed by atoms with E-state index in [1.807, 2.05) is 6.92 Å². The fourth-order valence-electron chi connectivity index (χ4n) is 1.70. The minimum atomic E-state index is 0.239. The van der Waals surface area contributed by atoms with Crippen LogP contribution >= 0.6 is 0 Å². The van der Waals surface area contributed by atoms with Crippen LogP contribution in [0.25, 0.3) is 0 Å². The topological polar surface area (TPSA) is 23.8 Å². The first kappa shape index (κ1) is 16.0. The van der Waals surface area contributed by atoms with Gasteiger partial charge >= 0.3 is 0 Å². The fourth-order valence-corrected chi connectivity index (χ4v) is 1.70. The van der Waals surface area contributed by atoms with Crippen molar-refractivity contribution in [2.45, 2.75) is 65.2 Å². The highest BCUT2D eigenvalue weighted by atomic mass is 14.3. The Bertz CT molecular complexity index is 245. The number of nitriles is 1. The second-order valence-corrected chi connectivity index (χ2v) is 4.64. The van der Waals surface area contributed by atoms with Gasteiger partial charge in [-0.1, -0.05) is 56.9 Å². The van der Waals surface area contributed by atoms with Crippen molar-refractivity contribution < 1.29 is 0 Å². The average molecular weight is 233 g/mol. The molecule has 0 aliphatic heterocycles. The van der Waals surface area contributed by atoms with Gasteiger partial charge in [-0.3, -0.25) is 0 Å². The van der Waals surface area contributed by atoms with E-state index >= 15 is 0 Å². The van der Waals surface area contributed by atoms with Gasteiger partial charge in [0.25, 0.3) is 0 Å². The maximum Gasteiger partial charge on any atom is 0.0652 e. The minimum Gasteiger partial charge on any atom is -0.198 e. The smallest absolute Gasteiger partial charge is 0.0652 e. The standard InChI is InChI=1S/C16H27N/c1-3-4-5-6-7-8-9-10-11-12-13-14-16(2)15-17/h4-7,16H,3,8-14H2,1-2H3/b5-4+,7-6+. The third-order valence-corrected chi connectivity index (χ3v) is 2.85. The van der Waals surface area contributed by atoms with Crippen molar-refractivity contribution in [3.8, 4) is 6.07 Å². The molecule has 0 aromatic heterocycles. The number of hydrogen-bond acceptors (Lipinski definition) is 1. The van der Waals surface area contributed by atoms with Crippen molar-refractivity contribution in [2.24, 2.45) is 5.92 Å². The highest BCUT2D eigenvalue weighted by Gasteiger charge is 1.98. The van der Waals surface area contributed by atoms with Crippen molar-refractivity contribution in [3.05, 3.63) is 24.3 Å². The van der Waals surface area contributed by atoms with Crippen LogP contribution < -0.4 is 0 Å². The van der Waals surface area contributed by atoms with Crippen LogP contribution in [0.1, 0.15) is 65.2 Å². The van der Waals surface area contributed by atoms with E-state index in [1.54, 1.807) is 0 Å². The molecule has 0 amide bonds. The lowest BCUT2D eigenvalue weighted by Gasteiger charge is -2.01. The molecular weight excluding hydrogens is 206 g/mol. The van der Waals surface area contributed by atoms with E-state index in [2.05, 4.69) is 37.3 Å². The summed E-state index contributed by atoms with van der Waals surface area (Å²) in [6.45, 7) is 4.16. The molecule has 0 aromatic carbocycles. The summed E-state index contributed by atoms with van der Waals surface area (Å²) in [6, 6.07) is 2.28. The molecule has 0 N–H and O–H groups in total. The molecule has 0 aliphatic rings. The summed E-state index contributed by atoms with van der Waals surface area (Å²) in [4.78, 5) is 0. The number of allylic oxidation sites excluding steroid dienone is 4. The Kier molecular flexibility index (Phi) is 12.2. The Morgan fingerprint density at radius 1 is 1.00 bits per heavy atom. The van der Waals surface area contributed by atoms with Gasteiger partial charge in [-0.25, -0.2) is 0 Å². The molecule has 1 atom stereocenters. The van der Waals surface area contributed by atoms with Crippen LogP contribution in [0.3, 0.4) is 0 Å². The zero-order valence-electron chi connectivity index (χ0n) is 11.5. The molecular formula is C16H27N. The largest absolute Gasteiger partial charge is 0.198 e. The lowest BCUT2D eigenvalue weighted by Crippen LogP contribution is -1.89. The predicted molar refractivity (Wildman–Crippen MR) is 75.7 cm³/mol. The Balaban J connectivity index is 3.17. The molecule has 0 spiro atoms. The normalized spacial score (nSPS) is 13.2. The van der Waals surface area contributed by atoms with Gasteiger partial charge < -0.3 is 0 Å². The molecule has 1 nitrogen and oxygen atoms in total. The van der Waals surface area contributed by atoms with Gasteiger partial charge in [-0.15, -0.1) is 0 Å². The summed E-state index contributed by atoms with van der Waals surface area (Å²) in [5.74, 6) is 0.239. The Labute approximate surface area is 107 Å². The summed E-state index contributed by atoms with van der Waals surface area (Å²) in [6.07, 6.45) is 18.5. The summed E-state index contributed by atoms with van der Waals surface area (Å²) in [5, 5.41) is 8.63. The highest BCUT2D eigenvalue weighted by Crippen LogP contribution is 2.11. The lowest BCUT2D eigenvalue weighted by molar-refractivity contribution is 0.552. The molecule has 0 bridgehead atoms. The van der Waals surface area contributed by atoms with Crippen LogP contribution in [0, 0.1) is 17.2 Å². The first-order valence-corrected chi connectivity index (χ1v) is 7.02. The summed E-state index contributed by atoms with van der Waals surface area (Å²) in [5.41, 5.74) is 0. The number of rotatable bonds is 10. The van der Waals surface area contributed by atoms with Gasteiger partial charge in [0.1, 0.15) is 0 Å². The number of hydrogen-bond donors (Lipinski definition) is 0. The Hall–Kier alpha value is -1.03. The van der Waals surface area contributed by atoms with Gasteiger partial charge in [0.05, 0.1) is 6.07 Å². The molecule has 0 fully saturated rings. The summed E-state index contributed by atoms with van der Waals surface area (Å²) in [7, 11) is 0. The average Bonchev–Trinajstić information content (AvgIpc) is 2.35. The van der Waals surface area contributed by atoms with Crippen LogP contribution in [0.15, 0.2) is 24.3 Å². The van der Waals surface area contributed by atoms with Gasteiger partial charge in [0.2, 0.25) is 0 Å². The van der Waals surface area contributed by atoms with Crippen LogP contribution in [-0.2, 0) is 0 Å². The van der Waals surface area contributed by atoms with E-state index in [0.717, 1.165) is 12.8 Å². The van der Waals surface area contributed by atoms with Crippen LogP contribution in [0.2, 0.25) is 0 Å². The van der Waals surface area contributed by atoms with E-state index in [-0.39, 0.29) is 5.92 Å². The van der Waals surface area contributed by atoms with Crippen molar-refractivity contribution in [1.29, 1.82) is 5.26 Å². The molecule has 96 valence electrons. The molecule has 0 aromatic rings. The van der Waals surface area contributed by atoms with Crippen LogP contribution in [0.4, 0.5) is 0 Å². The van der Waals surface area contributed by atoms with E-state index in [1.165, 1.54) is 38.5 Å². The maximum absolute atomic E-state index is 8.63. The summed E-state index contributed by atoms with van der Waals surface area (Å²) >= 11 is 0. The molecule has 0 radical (unpaired) electrons. The van der Waals surface area contributed by atoms with Gasteiger partial charge in [0.15, 0.2) is 0 Å². The van der Waals surface area contributed by atoms with Gasteiger partial charge in [-0.2, -0.15) is 5.26 Å². The van der Waals surface area contributed by atoms with Crippen molar-refractivity contribution in [1.82, 2.24) is 0 Å². The summed E-state index contributed by atoms with van der Waals surface area (Å²) < 4.78 is 0. The van der Waals surface area contributed by atoms with E-state index in [4.69, 9.17) is 5.26 Å². The third-order valence-electron chi connectivity index (χ3n) is 2.85. The van der Waals surface area contributed by atoms with E-state index in [9.17, 15) is 0 Å². The molecule has 1 heteroatoms. The molecule has 0 saturated heterocycles. The highest BCUT2D eigenvalue weighted by molar-refractivity contribution is 5.01. The maximum atomic E-state index is 8.63. The van der Waals surface area contributed by atoms with Crippen molar-refractivity contribution in [2.75, 3.05) is 0 Å². The fraction of sp³-hybridized carbons (Fsp3) is 0.688. The lowest BCUT2D eigenvalue weighted by atomic mass is 10.0. The second-order valence-electron chi connectivity index (χ2n) is 4.64. The first-order valence-electron chi connectivity index (χ1n) is 7.02. The van der Waals surface area contributed by atoms with E-state index in [0.29, 0.717) is 0 Å². The Morgan fingerprint density at radius 2 is 1.65 bits per heavy atom. The zero-order chi connectivity index (χ0) is 12.8. The van der Waals surface area contributed by atoms with Gasteiger partial charge in [0, 0.05) is 5.92 Å². The number of nitrogens with zero attached hydrogens (tertiary/aromatic N) is 1. The zero-order valence-corrected chi connectivity index (χ0v) is 11.5. The second kappa shape index (κ2) is 13.0.